The third kappa shape index (κ3) is 2.16. The van der Waals surface area contributed by atoms with Crippen molar-refractivity contribution >= 4 is 21.5 Å². The first-order valence-electron chi connectivity index (χ1n) is 4.52. The fourth-order valence-electron chi connectivity index (χ4n) is 1.18. The molecule has 2 N–H and O–H groups in total. The second-order valence-electron chi connectivity index (χ2n) is 3.16. The molecule has 0 aliphatic heterocycles. The van der Waals surface area contributed by atoms with Crippen molar-refractivity contribution in [1.29, 1.82) is 0 Å². The third-order valence-electron chi connectivity index (χ3n) is 2.03. The van der Waals surface area contributed by atoms with Crippen molar-refractivity contribution in [3.05, 3.63) is 34.3 Å². The van der Waals surface area contributed by atoms with Gasteiger partial charge in [-0.05, 0) is 18.3 Å². The van der Waals surface area contributed by atoms with E-state index in [-0.39, 0.29) is 11.0 Å². The molecule has 0 aliphatic rings. The molecule has 2 rings (SSSR count). The lowest BCUT2D eigenvalue weighted by Crippen LogP contribution is -2.04. The zero-order valence-corrected chi connectivity index (χ0v) is 9.19. The lowest BCUT2D eigenvalue weighted by atomic mass is 10.2. The second kappa shape index (κ2) is 4.27. The van der Waals surface area contributed by atoms with Gasteiger partial charge in [-0.25, -0.2) is 4.98 Å². The van der Waals surface area contributed by atoms with Crippen molar-refractivity contribution in [3.63, 3.8) is 0 Å². The Labute approximate surface area is 94.7 Å². The molecule has 0 saturated carbocycles. The van der Waals surface area contributed by atoms with Gasteiger partial charge in [0, 0.05) is 11.8 Å². The molecular formula is C8H9N5O2S. The number of nitrogens with one attached hydrogen (secondary N) is 2. The van der Waals surface area contributed by atoms with E-state index in [9.17, 15) is 10.1 Å². The van der Waals surface area contributed by atoms with Crippen molar-refractivity contribution in [2.45, 2.75) is 13.0 Å². The van der Waals surface area contributed by atoms with Crippen LogP contribution in [0.2, 0.25) is 0 Å². The van der Waals surface area contributed by atoms with Crippen LogP contribution in [-0.4, -0.2) is 20.1 Å². The number of aromatic amines is 1. The van der Waals surface area contributed by atoms with E-state index < -0.39 is 4.92 Å². The van der Waals surface area contributed by atoms with Crippen molar-refractivity contribution in [2.24, 2.45) is 0 Å². The second-order valence-corrected chi connectivity index (χ2v) is 4.17. The van der Waals surface area contributed by atoms with Gasteiger partial charge in [0.25, 0.3) is 0 Å². The number of anilines is 1. The molecule has 0 aromatic carbocycles. The quantitative estimate of drug-likeness (QED) is 0.627. The molecule has 8 heteroatoms. The number of rotatable bonds is 4. The molecule has 84 valence electrons. The summed E-state index contributed by atoms with van der Waals surface area (Å²) in [5, 5.41) is 20.6. The molecule has 2 heterocycles. The van der Waals surface area contributed by atoms with Gasteiger partial charge in [0.1, 0.15) is 6.20 Å². The van der Waals surface area contributed by atoms with Crippen LogP contribution in [-0.2, 0) is 0 Å². The van der Waals surface area contributed by atoms with Crippen molar-refractivity contribution in [1.82, 2.24) is 15.2 Å². The highest BCUT2D eigenvalue weighted by Gasteiger charge is 2.13. The first-order chi connectivity index (χ1) is 7.66. The molecular weight excluding hydrogens is 230 g/mol. The Morgan fingerprint density at radius 2 is 2.44 bits per heavy atom. The molecule has 2 aromatic rings. The molecule has 0 radical (unpaired) electrons. The predicted octanol–water partition coefficient (Wildman–Crippen LogP) is 1.95. The van der Waals surface area contributed by atoms with E-state index in [2.05, 4.69) is 20.5 Å². The molecule has 0 bridgehead atoms. The number of thiazole rings is 1. The number of nitrogens with zero attached hydrogens (tertiary/aromatic N) is 3. The van der Waals surface area contributed by atoms with Gasteiger partial charge >= 0.3 is 5.00 Å². The number of nitro groups is 1. The van der Waals surface area contributed by atoms with Gasteiger partial charge in [0.05, 0.1) is 17.2 Å². The van der Waals surface area contributed by atoms with Gasteiger partial charge in [-0.2, -0.15) is 5.10 Å². The number of aromatic nitrogens is 3. The highest BCUT2D eigenvalue weighted by molar-refractivity contribution is 7.18. The normalized spacial score (nSPS) is 12.3. The number of H-pyrrole nitrogens is 1. The molecule has 1 atom stereocenters. The topological polar surface area (TPSA) is 96.7 Å². The molecule has 0 spiro atoms. The first kappa shape index (κ1) is 10.6. The zero-order valence-electron chi connectivity index (χ0n) is 8.38. The van der Waals surface area contributed by atoms with Gasteiger partial charge in [-0.3, -0.25) is 15.2 Å². The van der Waals surface area contributed by atoms with E-state index in [4.69, 9.17) is 0 Å². The Morgan fingerprint density at radius 3 is 3.00 bits per heavy atom. The smallest absolute Gasteiger partial charge is 0.345 e. The van der Waals surface area contributed by atoms with Crippen molar-refractivity contribution in [2.75, 3.05) is 5.32 Å². The van der Waals surface area contributed by atoms with Crippen LogP contribution in [0.15, 0.2) is 18.6 Å². The summed E-state index contributed by atoms with van der Waals surface area (Å²) in [5.74, 6) is 0. The van der Waals surface area contributed by atoms with E-state index in [0.717, 1.165) is 16.9 Å². The Balaban J connectivity index is 2.06. The van der Waals surface area contributed by atoms with Gasteiger partial charge in [0.2, 0.25) is 0 Å². The van der Waals surface area contributed by atoms with Crippen LogP contribution in [0.1, 0.15) is 18.5 Å². The minimum atomic E-state index is -0.453. The van der Waals surface area contributed by atoms with Crippen LogP contribution < -0.4 is 5.32 Å². The zero-order chi connectivity index (χ0) is 11.5. The largest absolute Gasteiger partial charge is 0.355 e. The maximum absolute atomic E-state index is 10.5. The van der Waals surface area contributed by atoms with E-state index in [0.29, 0.717) is 5.13 Å². The predicted molar refractivity (Wildman–Crippen MR) is 59.4 cm³/mol. The minimum Gasteiger partial charge on any atom is -0.355 e. The first-order valence-corrected chi connectivity index (χ1v) is 5.34. The van der Waals surface area contributed by atoms with Gasteiger partial charge in [0.15, 0.2) is 5.13 Å². The molecule has 0 aliphatic carbocycles. The molecule has 16 heavy (non-hydrogen) atoms. The highest BCUT2D eigenvalue weighted by Crippen LogP contribution is 2.27. The summed E-state index contributed by atoms with van der Waals surface area (Å²) in [6.45, 7) is 1.93. The molecule has 1 unspecified atom stereocenters. The summed E-state index contributed by atoms with van der Waals surface area (Å²) in [7, 11) is 0. The maximum atomic E-state index is 10.5. The average Bonchev–Trinajstić information content (AvgIpc) is 2.87. The Morgan fingerprint density at radius 1 is 1.62 bits per heavy atom. The molecule has 7 nitrogen and oxygen atoms in total. The molecule has 0 fully saturated rings. The van der Waals surface area contributed by atoms with Crippen LogP contribution in [0.3, 0.4) is 0 Å². The SMILES string of the molecule is CC(Nc1ncc([N+](=O)[O-])s1)c1cn[nH]c1. The van der Waals surface area contributed by atoms with Gasteiger partial charge < -0.3 is 5.32 Å². The summed E-state index contributed by atoms with van der Waals surface area (Å²) in [6, 6.07) is 0.00417. The Kier molecular flexibility index (Phi) is 2.82. The lowest BCUT2D eigenvalue weighted by molar-refractivity contribution is -0.380. The monoisotopic (exact) mass is 239 g/mol. The van der Waals surface area contributed by atoms with E-state index in [1.54, 1.807) is 12.4 Å². The summed E-state index contributed by atoms with van der Waals surface area (Å²) < 4.78 is 0. The summed E-state index contributed by atoms with van der Waals surface area (Å²) in [6.07, 6.45) is 4.70. The van der Waals surface area contributed by atoms with Crippen LogP contribution >= 0.6 is 11.3 Å². The van der Waals surface area contributed by atoms with Crippen LogP contribution in [0.4, 0.5) is 10.1 Å². The van der Waals surface area contributed by atoms with Gasteiger partial charge in [-0.15, -0.1) is 0 Å². The van der Waals surface area contributed by atoms with E-state index in [1.165, 1.54) is 6.20 Å². The molecule has 2 aromatic heterocycles. The van der Waals surface area contributed by atoms with Crippen molar-refractivity contribution < 1.29 is 4.92 Å². The lowest BCUT2D eigenvalue weighted by Gasteiger charge is -2.09. The highest BCUT2D eigenvalue weighted by atomic mass is 32.1. The molecule has 0 amide bonds. The van der Waals surface area contributed by atoms with Crippen LogP contribution in [0.5, 0.6) is 0 Å². The minimum absolute atomic E-state index is 0.00417. The van der Waals surface area contributed by atoms with E-state index >= 15 is 0 Å². The standard InChI is InChI=1S/C8H9N5O2S/c1-5(6-2-10-11-3-6)12-8-9-4-7(16-8)13(14)15/h2-5H,1H3,(H,9,12)(H,10,11). The number of hydrogen-bond donors (Lipinski definition) is 2. The van der Waals surface area contributed by atoms with Crippen LogP contribution in [0.25, 0.3) is 0 Å². The summed E-state index contributed by atoms with van der Waals surface area (Å²) in [5.41, 5.74) is 0.970. The summed E-state index contributed by atoms with van der Waals surface area (Å²) >= 11 is 1.01. The molecule has 0 saturated heterocycles. The van der Waals surface area contributed by atoms with Crippen LogP contribution in [0, 0.1) is 10.1 Å². The van der Waals surface area contributed by atoms with Crippen molar-refractivity contribution in [3.8, 4) is 0 Å². The van der Waals surface area contributed by atoms with Gasteiger partial charge in [-0.1, -0.05) is 0 Å². The Hall–Kier alpha value is -1.96. The number of hydrogen-bond acceptors (Lipinski definition) is 6. The van der Waals surface area contributed by atoms with E-state index in [1.807, 2.05) is 6.92 Å². The fourth-order valence-corrected chi connectivity index (χ4v) is 1.90. The average molecular weight is 239 g/mol. The maximum Gasteiger partial charge on any atom is 0.345 e. The summed E-state index contributed by atoms with van der Waals surface area (Å²) in [4.78, 5) is 13.9. The Bertz CT molecular complexity index is 480. The fraction of sp³-hybridized carbons (Fsp3) is 0.250. The third-order valence-corrected chi connectivity index (χ3v) is 2.91.